The monoisotopic (exact) mass is 378 g/mol. The highest BCUT2D eigenvalue weighted by molar-refractivity contribution is 5.93. The van der Waals surface area contributed by atoms with Gasteiger partial charge in [0.1, 0.15) is 0 Å². The normalized spacial score (nSPS) is 14.4. The van der Waals surface area contributed by atoms with Gasteiger partial charge in [0.25, 0.3) is 0 Å². The van der Waals surface area contributed by atoms with Crippen LogP contribution in [0.25, 0.3) is 0 Å². The van der Waals surface area contributed by atoms with Gasteiger partial charge in [-0.25, -0.2) is 0 Å². The maximum Gasteiger partial charge on any atom is 0.223 e. The van der Waals surface area contributed by atoms with Crippen LogP contribution in [0, 0.1) is 0 Å². The third kappa shape index (κ3) is 5.52. The van der Waals surface area contributed by atoms with Crippen molar-refractivity contribution in [1.82, 2.24) is 5.32 Å². The lowest BCUT2D eigenvalue weighted by Crippen LogP contribution is -2.39. The summed E-state index contributed by atoms with van der Waals surface area (Å²) in [6.07, 6.45) is 5.88. The molecule has 0 radical (unpaired) electrons. The molecule has 1 N–H and O–H groups in total. The molecule has 1 aliphatic rings. The molecule has 7 nitrogen and oxygen atoms in total. The van der Waals surface area contributed by atoms with Gasteiger partial charge in [0, 0.05) is 38.1 Å². The van der Waals surface area contributed by atoms with Gasteiger partial charge < -0.3 is 24.4 Å². The Morgan fingerprint density at radius 1 is 1.04 bits per heavy atom. The van der Waals surface area contributed by atoms with Crippen LogP contribution in [0.3, 0.4) is 0 Å². The van der Waals surface area contributed by atoms with E-state index in [4.69, 9.17) is 14.2 Å². The van der Waals surface area contributed by atoms with Crippen LogP contribution in [0.1, 0.15) is 45.4 Å². The fraction of sp³-hybridized carbons (Fsp3) is 0.600. The van der Waals surface area contributed by atoms with Crippen LogP contribution in [0.2, 0.25) is 0 Å². The van der Waals surface area contributed by atoms with E-state index in [1.807, 2.05) is 0 Å². The molecule has 1 saturated carbocycles. The number of nitrogens with one attached hydrogen (secondary N) is 1. The minimum Gasteiger partial charge on any atom is -0.493 e. The van der Waals surface area contributed by atoms with Gasteiger partial charge in [-0.3, -0.25) is 9.59 Å². The number of carbonyl (C=O) groups excluding carboxylic acids is 2. The van der Waals surface area contributed by atoms with Gasteiger partial charge in [0.15, 0.2) is 11.5 Å². The van der Waals surface area contributed by atoms with Crippen LogP contribution in [-0.2, 0) is 9.59 Å². The standard InChI is InChI=1S/C20H30N2O5/c1-14(23)22(11-10-19(24)21-15-8-6-5-7-9-15)16-12-17(25-2)20(27-4)18(13-16)26-3/h12-13,15H,5-11H2,1-4H3,(H,21,24). The lowest BCUT2D eigenvalue weighted by atomic mass is 9.95. The summed E-state index contributed by atoms with van der Waals surface area (Å²) in [6, 6.07) is 3.68. The van der Waals surface area contributed by atoms with Gasteiger partial charge in [-0.2, -0.15) is 0 Å². The van der Waals surface area contributed by atoms with Crippen molar-refractivity contribution in [2.45, 2.75) is 51.5 Å². The molecule has 0 saturated heterocycles. The summed E-state index contributed by atoms with van der Waals surface area (Å²) >= 11 is 0. The number of ether oxygens (including phenoxy) is 3. The van der Waals surface area contributed by atoms with Crippen LogP contribution in [0.15, 0.2) is 12.1 Å². The zero-order valence-electron chi connectivity index (χ0n) is 16.7. The molecule has 7 heteroatoms. The van der Waals surface area contributed by atoms with Crippen LogP contribution in [-0.4, -0.2) is 45.7 Å². The number of amides is 2. The Balaban J connectivity index is 2.10. The van der Waals surface area contributed by atoms with E-state index in [-0.39, 0.29) is 30.8 Å². The quantitative estimate of drug-likeness (QED) is 0.753. The lowest BCUT2D eigenvalue weighted by Gasteiger charge is -2.25. The van der Waals surface area contributed by atoms with E-state index in [0.717, 1.165) is 25.7 Å². The molecular weight excluding hydrogens is 348 g/mol. The zero-order chi connectivity index (χ0) is 19.8. The first-order valence-electron chi connectivity index (χ1n) is 9.37. The average Bonchev–Trinajstić information content (AvgIpc) is 2.67. The SMILES string of the molecule is COc1cc(N(CCC(=O)NC2CCCCC2)C(C)=O)cc(OC)c1OC. The van der Waals surface area contributed by atoms with E-state index < -0.39 is 0 Å². The number of nitrogens with zero attached hydrogens (tertiary/aromatic N) is 1. The molecule has 0 heterocycles. The van der Waals surface area contributed by atoms with Gasteiger partial charge in [0.2, 0.25) is 17.6 Å². The summed E-state index contributed by atoms with van der Waals surface area (Å²) in [5, 5.41) is 3.08. The molecule has 2 amide bonds. The molecule has 2 rings (SSSR count). The molecule has 27 heavy (non-hydrogen) atoms. The minimum atomic E-state index is -0.158. The second kappa shape index (κ2) is 10.0. The van der Waals surface area contributed by atoms with Crippen molar-refractivity contribution in [3.63, 3.8) is 0 Å². The Bertz CT molecular complexity index is 631. The highest BCUT2D eigenvalue weighted by Gasteiger charge is 2.21. The highest BCUT2D eigenvalue weighted by atomic mass is 16.5. The predicted octanol–water partition coefficient (Wildman–Crippen LogP) is 2.90. The van der Waals surface area contributed by atoms with E-state index in [2.05, 4.69) is 5.32 Å². The maximum atomic E-state index is 12.3. The average molecular weight is 378 g/mol. The molecule has 0 unspecified atom stereocenters. The topological polar surface area (TPSA) is 77.1 Å². The molecule has 0 bridgehead atoms. The molecule has 150 valence electrons. The fourth-order valence-corrected chi connectivity index (χ4v) is 3.45. The number of anilines is 1. The van der Waals surface area contributed by atoms with E-state index in [9.17, 15) is 9.59 Å². The Labute approximate surface area is 161 Å². The third-order valence-electron chi connectivity index (χ3n) is 4.87. The van der Waals surface area contributed by atoms with Crippen molar-refractivity contribution < 1.29 is 23.8 Å². The Morgan fingerprint density at radius 2 is 1.63 bits per heavy atom. The molecule has 1 fully saturated rings. The van der Waals surface area contributed by atoms with Crippen molar-refractivity contribution in [2.75, 3.05) is 32.8 Å². The first-order chi connectivity index (χ1) is 13.0. The summed E-state index contributed by atoms with van der Waals surface area (Å²) in [5.41, 5.74) is 0.600. The van der Waals surface area contributed by atoms with Gasteiger partial charge in [-0.1, -0.05) is 19.3 Å². The molecular formula is C20H30N2O5. The summed E-state index contributed by atoms with van der Waals surface area (Å²) in [7, 11) is 4.58. The second-order valence-electron chi connectivity index (χ2n) is 6.71. The molecule has 1 aliphatic carbocycles. The summed E-state index contributed by atoms with van der Waals surface area (Å²) < 4.78 is 16.0. The number of hydrogen-bond acceptors (Lipinski definition) is 5. The molecule has 0 spiro atoms. The molecule has 0 aromatic heterocycles. The summed E-state index contributed by atoms with van der Waals surface area (Å²) in [6.45, 7) is 1.76. The molecule has 1 aromatic rings. The van der Waals surface area contributed by atoms with Gasteiger partial charge in [0.05, 0.1) is 27.0 Å². The van der Waals surface area contributed by atoms with E-state index in [1.165, 1.54) is 34.7 Å². The Hall–Kier alpha value is -2.44. The third-order valence-corrected chi connectivity index (χ3v) is 4.87. The highest BCUT2D eigenvalue weighted by Crippen LogP contribution is 2.41. The largest absolute Gasteiger partial charge is 0.493 e. The van der Waals surface area contributed by atoms with Gasteiger partial charge in [-0.05, 0) is 12.8 Å². The van der Waals surface area contributed by atoms with Crippen LogP contribution >= 0.6 is 0 Å². The Kier molecular flexibility index (Phi) is 7.76. The lowest BCUT2D eigenvalue weighted by molar-refractivity contribution is -0.121. The molecule has 1 aromatic carbocycles. The van der Waals surface area contributed by atoms with Crippen LogP contribution < -0.4 is 24.4 Å². The molecule has 0 aliphatic heterocycles. The minimum absolute atomic E-state index is 0.0272. The summed E-state index contributed by atoms with van der Waals surface area (Å²) in [4.78, 5) is 26.0. The number of carbonyl (C=O) groups is 2. The van der Waals surface area contributed by atoms with Gasteiger partial charge in [-0.15, -0.1) is 0 Å². The van der Waals surface area contributed by atoms with E-state index >= 15 is 0 Å². The van der Waals surface area contributed by atoms with Crippen molar-refractivity contribution in [3.05, 3.63) is 12.1 Å². The van der Waals surface area contributed by atoms with Crippen molar-refractivity contribution >= 4 is 17.5 Å². The summed E-state index contributed by atoms with van der Waals surface area (Å²) in [5.74, 6) is 1.20. The number of benzene rings is 1. The zero-order valence-corrected chi connectivity index (χ0v) is 16.7. The van der Waals surface area contributed by atoms with Crippen molar-refractivity contribution in [1.29, 1.82) is 0 Å². The number of rotatable bonds is 8. The van der Waals surface area contributed by atoms with Crippen LogP contribution in [0.4, 0.5) is 5.69 Å². The van der Waals surface area contributed by atoms with Crippen LogP contribution in [0.5, 0.6) is 17.2 Å². The van der Waals surface area contributed by atoms with E-state index in [1.54, 1.807) is 17.0 Å². The van der Waals surface area contributed by atoms with Gasteiger partial charge >= 0.3 is 0 Å². The fourth-order valence-electron chi connectivity index (χ4n) is 3.45. The second-order valence-corrected chi connectivity index (χ2v) is 6.71. The first kappa shape index (κ1) is 20.9. The predicted molar refractivity (Wildman–Crippen MR) is 104 cm³/mol. The van der Waals surface area contributed by atoms with Crippen molar-refractivity contribution in [2.24, 2.45) is 0 Å². The number of methoxy groups -OCH3 is 3. The Morgan fingerprint density at radius 3 is 2.11 bits per heavy atom. The molecule has 0 atom stereocenters. The van der Waals surface area contributed by atoms with Crippen molar-refractivity contribution in [3.8, 4) is 17.2 Å². The van der Waals surface area contributed by atoms with E-state index in [0.29, 0.717) is 22.9 Å². The maximum absolute atomic E-state index is 12.3. The number of hydrogen-bond donors (Lipinski definition) is 1. The smallest absolute Gasteiger partial charge is 0.223 e. The first-order valence-corrected chi connectivity index (χ1v) is 9.37.